The highest BCUT2D eigenvalue weighted by molar-refractivity contribution is 14.1. The molecule has 0 spiro atoms. The Labute approximate surface area is 142 Å². The summed E-state index contributed by atoms with van der Waals surface area (Å²) in [6, 6.07) is 1.94. The first kappa shape index (κ1) is 16.1. The van der Waals surface area contributed by atoms with Crippen molar-refractivity contribution in [3.05, 3.63) is 19.9 Å². The number of hydrogen-bond acceptors (Lipinski definition) is 4. The van der Waals surface area contributed by atoms with E-state index in [0.29, 0.717) is 4.99 Å². The van der Waals surface area contributed by atoms with Gasteiger partial charge in [-0.15, -0.1) is 11.3 Å². The monoisotopic (exact) mass is 423 g/mol. The molecule has 1 saturated heterocycles. The van der Waals surface area contributed by atoms with Crippen molar-refractivity contribution >= 4 is 57.0 Å². The Kier molecular flexibility index (Phi) is 5.04. The predicted octanol–water partition coefficient (Wildman–Crippen LogP) is 2.18. The molecule has 1 aromatic heterocycles. The van der Waals surface area contributed by atoms with Crippen LogP contribution in [0.3, 0.4) is 0 Å². The van der Waals surface area contributed by atoms with Gasteiger partial charge in [0.2, 0.25) is 0 Å². The van der Waals surface area contributed by atoms with Crippen LogP contribution in [0.4, 0.5) is 0 Å². The molecule has 1 aromatic rings. The van der Waals surface area contributed by atoms with Gasteiger partial charge >= 0.3 is 0 Å². The van der Waals surface area contributed by atoms with Crippen molar-refractivity contribution in [1.82, 2.24) is 9.80 Å². The lowest BCUT2D eigenvalue weighted by atomic mass is 10.0. The van der Waals surface area contributed by atoms with Gasteiger partial charge < -0.3 is 10.6 Å². The van der Waals surface area contributed by atoms with Crippen LogP contribution in [-0.2, 0) is 0 Å². The Bertz CT molecular complexity index is 521. The van der Waals surface area contributed by atoms with Crippen molar-refractivity contribution < 1.29 is 4.79 Å². The number of carbonyl (C=O) groups is 1. The zero-order valence-electron chi connectivity index (χ0n) is 11.6. The average molecular weight is 423 g/mol. The fourth-order valence-corrected chi connectivity index (χ4v) is 3.68. The van der Waals surface area contributed by atoms with Crippen LogP contribution in [0.25, 0.3) is 0 Å². The molecule has 0 radical (unpaired) electrons. The van der Waals surface area contributed by atoms with Crippen molar-refractivity contribution in [1.29, 1.82) is 0 Å². The average Bonchev–Trinajstić information content (AvgIpc) is 2.84. The Morgan fingerprint density at radius 2 is 2.00 bits per heavy atom. The molecule has 20 heavy (non-hydrogen) atoms. The molecular formula is C13H18IN3OS2. The number of halogens is 1. The molecule has 1 amide bonds. The van der Waals surface area contributed by atoms with Gasteiger partial charge in [-0.25, -0.2) is 0 Å². The molecular weight excluding hydrogens is 405 g/mol. The maximum absolute atomic E-state index is 12.4. The normalized spacial score (nSPS) is 17.2. The van der Waals surface area contributed by atoms with Crippen LogP contribution in [0.5, 0.6) is 0 Å². The molecule has 4 nitrogen and oxygen atoms in total. The lowest BCUT2D eigenvalue weighted by molar-refractivity contribution is 0.0540. The van der Waals surface area contributed by atoms with E-state index in [1.54, 1.807) is 11.3 Å². The highest BCUT2D eigenvalue weighted by Gasteiger charge is 2.33. The SMILES string of the molecule is CC(C)(C(N)=S)N1CCN(C(=O)c2csc(I)c2)CC1. The minimum absolute atomic E-state index is 0.122. The maximum atomic E-state index is 12.4. The Morgan fingerprint density at radius 3 is 2.45 bits per heavy atom. The summed E-state index contributed by atoms with van der Waals surface area (Å²) in [5.41, 5.74) is 6.30. The Morgan fingerprint density at radius 1 is 1.40 bits per heavy atom. The second-order valence-corrected chi connectivity index (χ2v) is 8.59. The third-order valence-corrected chi connectivity index (χ3v) is 6.06. The van der Waals surface area contributed by atoms with E-state index < -0.39 is 0 Å². The molecule has 2 rings (SSSR count). The molecule has 0 atom stereocenters. The lowest BCUT2D eigenvalue weighted by Gasteiger charge is -2.43. The second-order valence-electron chi connectivity index (χ2n) is 5.34. The molecule has 2 heterocycles. The number of thiocarbonyl (C=S) groups is 1. The minimum atomic E-state index is -0.289. The fraction of sp³-hybridized carbons (Fsp3) is 0.538. The van der Waals surface area contributed by atoms with E-state index in [2.05, 4.69) is 27.5 Å². The van der Waals surface area contributed by atoms with E-state index >= 15 is 0 Å². The van der Waals surface area contributed by atoms with Crippen LogP contribution in [0.15, 0.2) is 11.4 Å². The van der Waals surface area contributed by atoms with Crippen LogP contribution in [-0.4, -0.2) is 52.4 Å². The number of nitrogens with zero attached hydrogens (tertiary/aromatic N) is 2. The molecule has 0 unspecified atom stereocenters. The standard InChI is InChI=1S/C13H18IN3OS2/c1-13(2,12(15)19)17-5-3-16(4-6-17)11(18)9-7-10(14)20-8-9/h7-8H,3-6H2,1-2H3,(H2,15,19). The summed E-state index contributed by atoms with van der Waals surface area (Å²) in [4.78, 5) is 17.0. The van der Waals surface area contributed by atoms with Gasteiger partial charge in [-0.1, -0.05) is 12.2 Å². The fourth-order valence-electron chi connectivity index (χ4n) is 2.23. The third kappa shape index (κ3) is 3.32. The lowest BCUT2D eigenvalue weighted by Crippen LogP contribution is -2.59. The maximum Gasteiger partial charge on any atom is 0.254 e. The predicted molar refractivity (Wildman–Crippen MR) is 95.4 cm³/mol. The highest BCUT2D eigenvalue weighted by atomic mass is 127. The second kappa shape index (κ2) is 6.25. The summed E-state index contributed by atoms with van der Waals surface area (Å²) >= 11 is 8.97. The van der Waals surface area contributed by atoms with Crippen molar-refractivity contribution in [3.63, 3.8) is 0 Å². The zero-order valence-corrected chi connectivity index (χ0v) is 15.3. The topological polar surface area (TPSA) is 49.6 Å². The number of thiophene rings is 1. The van der Waals surface area contributed by atoms with E-state index in [1.807, 2.05) is 30.2 Å². The first-order valence-corrected chi connectivity index (χ1v) is 8.77. The van der Waals surface area contributed by atoms with Gasteiger partial charge in [0.1, 0.15) is 0 Å². The van der Waals surface area contributed by atoms with Crippen LogP contribution < -0.4 is 5.73 Å². The minimum Gasteiger partial charge on any atom is -0.392 e. The van der Waals surface area contributed by atoms with E-state index in [0.717, 1.165) is 34.6 Å². The molecule has 110 valence electrons. The van der Waals surface area contributed by atoms with Crippen molar-refractivity contribution in [3.8, 4) is 0 Å². The molecule has 0 bridgehead atoms. The van der Waals surface area contributed by atoms with Crippen LogP contribution >= 0.6 is 46.1 Å². The third-order valence-electron chi connectivity index (χ3n) is 3.77. The van der Waals surface area contributed by atoms with Crippen LogP contribution in [0.2, 0.25) is 0 Å². The first-order chi connectivity index (χ1) is 9.32. The smallest absolute Gasteiger partial charge is 0.254 e. The number of piperazine rings is 1. The van der Waals surface area contributed by atoms with Gasteiger partial charge in [-0.2, -0.15) is 0 Å². The summed E-state index contributed by atoms with van der Waals surface area (Å²) in [6.45, 7) is 7.12. The van der Waals surface area contributed by atoms with Crippen molar-refractivity contribution in [2.75, 3.05) is 26.2 Å². The molecule has 7 heteroatoms. The van der Waals surface area contributed by atoms with Gasteiger partial charge in [0.25, 0.3) is 5.91 Å². The molecule has 0 saturated carbocycles. The molecule has 1 aliphatic rings. The number of carbonyl (C=O) groups excluding carboxylic acids is 1. The van der Waals surface area contributed by atoms with E-state index in [4.69, 9.17) is 18.0 Å². The number of rotatable bonds is 3. The first-order valence-electron chi connectivity index (χ1n) is 6.40. The van der Waals surface area contributed by atoms with Crippen molar-refractivity contribution in [2.45, 2.75) is 19.4 Å². The summed E-state index contributed by atoms with van der Waals surface area (Å²) in [6.07, 6.45) is 0. The van der Waals surface area contributed by atoms with Crippen LogP contribution in [0, 0.1) is 2.88 Å². The molecule has 0 aliphatic carbocycles. The number of hydrogen-bond donors (Lipinski definition) is 1. The van der Waals surface area contributed by atoms with E-state index in [9.17, 15) is 4.79 Å². The molecule has 1 aliphatic heterocycles. The highest BCUT2D eigenvalue weighted by Crippen LogP contribution is 2.21. The Hall–Kier alpha value is -0.250. The summed E-state index contributed by atoms with van der Waals surface area (Å²) in [7, 11) is 0. The van der Waals surface area contributed by atoms with Gasteiger partial charge in [0.05, 0.1) is 19.0 Å². The van der Waals surface area contributed by atoms with Crippen molar-refractivity contribution in [2.24, 2.45) is 5.73 Å². The summed E-state index contributed by atoms with van der Waals surface area (Å²) in [5.74, 6) is 0.122. The van der Waals surface area contributed by atoms with E-state index in [-0.39, 0.29) is 11.4 Å². The van der Waals surface area contributed by atoms with Gasteiger partial charge in [-0.3, -0.25) is 9.69 Å². The number of nitrogens with two attached hydrogens (primary N) is 1. The number of amides is 1. The largest absolute Gasteiger partial charge is 0.392 e. The molecule has 2 N–H and O–H groups in total. The Balaban J connectivity index is 1.98. The molecule has 0 aromatic carbocycles. The quantitative estimate of drug-likeness (QED) is 0.598. The zero-order chi connectivity index (χ0) is 14.9. The molecule has 1 fully saturated rings. The van der Waals surface area contributed by atoms with Gasteiger partial charge in [0, 0.05) is 31.6 Å². The van der Waals surface area contributed by atoms with Crippen LogP contribution in [0.1, 0.15) is 24.2 Å². The van der Waals surface area contributed by atoms with E-state index in [1.165, 1.54) is 0 Å². The van der Waals surface area contributed by atoms with Gasteiger partial charge in [0.15, 0.2) is 0 Å². The summed E-state index contributed by atoms with van der Waals surface area (Å²) < 4.78 is 1.14. The summed E-state index contributed by atoms with van der Waals surface area (Å²) in [5, 5.41) is 1.93. The van der Waals surface area contributed by atoms with Gasteiger partial charge in [-0.05, 0) is 42.5 Å².